The Hall–Kier alpha value is -1.81. The third-order valence-electron chi connectivity index (χ3n) is 6.06. The lowest BCUT2D eigenvalue weighted by atomic mass is 9.70. The minimum absolute atomic E-state index is 0.0313. The van der Waals surface area contributed by atoms with E-state index in [0.717, 1.165) is 24.0 Å². The number of aliphatic hydroxyl groups excluding tert-OH is 1. The van der Waals surface area contributed by atoms with Crippen molar-refractivity contribution in [3.63, 3.8) is 0 Å². The molecular formula is C19H26O4. The third kappa shape index (κ3) is 3.42. The molecule has 2 aliphatic rings. The van der Waals surface area contributed by atoms with Crippen LogP contribution in [0.1, 0.15) is 45.6 Å². The summed E-state index contributed by atoms with van der Waals surface area (Å²) in [5, 5.41) is 27.0. The van der Waals surface area contributed by atoms with Gasteiger partial charge in [0.05, 0.1) is 6.10 Å². The minimum atomic E-state index is -0.983. The molecule has 23 heavy (non-hydrogen) atoms. The maximum Gasteiger partial charge on any atom is 0.328 e. The van der Waals surface area contributed by atoms with Crippen LogP contribution < -0.4 is 0 Å². The molecule has 4 nitrogen and oxygen atoms in total. The van der Waals surface area contributed by atoms with Gasteiger partial charge in [0.15, 0.2) is 0 Å². The first-order valence-corrected chi connectivity index (χ1v) is 8.05. The van der Waals surface area contributed by atoms with Crippen molar-refractivity contribution in [3.8, 4) is 5.75 Å². The molecule has 3 N–H and O–H groups in total. The number of benzene rings is 1. The summed E-state index contributed by atoms with van der Waals surface area (Å²) in [6.45, 7) is 6.90. The van der Waals surface area contributed by atoms with E-state index in [1.807, 2.05) is 0 Å². The summed E-state index contributed by atoms with van der Waals surface area (Å²) in [5.41, 5.74) is 1.35. The second-order valence-corrected chi connectivity index (χ2v) is 7.39. The Labute approximate surface area is 137 Å². The molecule has 0 heterocycles. The molecule has 3 unspecified atom stereocenters. The molecule has 2 saturated carbocycles. The van der Waals surface area contributed by atoms with Gasteiger partial charge in [0.25, 0.3) is 0 Å². The van der Waals surface area contributed by atoms with Crippen LogP contribution in [0, 0.1) is 16.7 Å². The Kier molecular flexibility index (Phi) is 4.85. The van der Waals surface area contributed by atoms with Gasteiger partial charge < -0.3 is 15.3 Å². The summed E-state index contributed by atoms with van der Waals surface area (Å²) in [7, 11) is 0. The predicted octanol–water partition coefficient (Wildman–Crippen LogP) is 3.68. The highest BCUT2D eigenvalue weighted by molar-refractivity contribution is 5.85. The molecule has 0 amide bonds. The number of fused-ring (bicyclic) bond motifs is 2. The maximum atomic E-state index is 10.1. The first-order chi connectivity index (χ1) is 10.7. The summed E-state index contributed by atoms with van der Waals surface area (Å²) < 4.78 is 0. The van der Waals surface area contributed by atoms with Gasteiger partial charge in [-0.25, -0.2) is 4.79 Å². The molecule has 0 aliphatic heterocycles. The van der Waals surface area contributed by atoms with Crippen molar-refractivity contribution in [2.45, 2.75) is 46.1 Å². The average Bonchev–Trinajstić information content (AvgIpc) is 2.80. The molecule has 0 radical (unpaired) electrons. The van der Waals surface area contributed by atoms with E-state index in [2.05, 4.69) is 20.8 Å². The van der Waals surface area contributed by atoms with E-state index in [1.165, 1.54) is 31.1 Å². The molecule has 0 aromatic heterocycles. The van der Waals surface area contributed by atoms with Gasteiger partial charge in [0, 0.05) is 6.08 Å². The largest absolute Gasteiger partial charge is 0.508 e. The van der Waals surface area contributed by atoms with Crippen LogP contribution in [0.4, 0.5) is 0 Å². The van der Waals surface area contributed by atoms with E-state index >= 15 is 0 Å². The fourth-order valence-corrected chi connectivity index (χ4v) is 3.91. The lowest BCUT2D eigenvalue weighted by molar-refractivity contribution is -0.131. The van der Waals surface area contributed by atoms with Crippen molar-refractivity contribution in [2.75, 3.05) is 0 Å². The number of rotatable bonds is 2. The topological polar surface area (TPSA) is 77.8 Å². The van der Waals surface area contributed by atoms with E-state index in [-0.39, 0.29) is 17.3 Å². The Balaban J connectivity index is 0.000000167. The number of carbonyl (C=O) groups is 1. The third-order valence-corrected chi connectivity index (χ3v) is 6.06. The van der Waals surface area contributed by atoms with Gasteiger partial charge in [-0.1, -0.05) is 32.9 Å². The maximum absolute atomic E-state index is 10.1. The molecular weight excluding hydrogens is 292 g/mol. The Morgan fingerprint density at radius 2 is 1.83 bits per heavy atom. The molecule has 2 bridgehead atoms. The second-order valence-electron chi connectivity index (χ2n) is 7.39. The van der Waals surface area contributed by atoms with Crippen molar-refractivity contribution < 1.29 is 20.1 Å². The zero-order valence-corrected chi connectivity index (χ0v) is 14.0. The van der Waals surface area contributed by atoms with Gasteiger partial charge in [-0.3, -0.25) is 0 Å². The molecule has 1 aromatic rings. The summed E-state index contributed by atoms with van der Waals surface area (Å²) >= 11 is 0. The lowest BCUT2D eigenvalue weighted by Gasteiger charge is -2.36. The van der Waals surface area contributed by atoms with E-state index in [4.69, 9.17) is 10.2 Å². The summed E-state index contributed by atoms with van der Waals surface area (Å²) in [5.74, 6) is -0.0342. The van der Waals surface area contributed by atoms with Crippen LogP contribution in [-0.4, -0.2) is 27.4 Å². The van der Waals surface area contributed by atoms with Crippen molar-refractivity contribution in [2.24, 2.45) is 16.7 Å². The zero-order chi connectivity index (χ0) is 17.3. The fourth-order valence-electron chi connectivity index (χ4n) is 3.91. The van der Waals surface area contributed by atoms with E-state index in [0.29, 0.717) is 5.41 Å². The van der Waals surface area contributed by atoms with Crippen molar-refractivity contribution in [3.05, 3.63) is 35.9 Å². The summed E-state index contributed by atoms with van der Waals surface area (Å²) in [6.07, 6.45) is 6.08. The number of phenolic OH excluding ortho intramolecular Hbond substituents is 1. The lowest BCUT2D eigenvalue weighted by Crippen LogP contribution is -2.35. The fraction of sp³-hybridized carbons (Fsp3) is 0.526. The number of carboxylic acid groups (broad SMARTS) is 1. The summed E-state index contributed by atoms with van der Waals surface area (Å²) in [6, 6.07) is 6.27. The van der Waals surface area contributed by atoms with Crippen LogP contribution >= 0.6 is 0 Å². The van der Waals surface area contributed by atoms with Crippen LogP contribution in [0.3, 0.4) is 0 Å². The molecule has 4 heteroatoms. The molecule has 3 atom stereocenters. The molecule has 1 aromatic carbocycles. The number of carboxylic acids is 1. The molecule has 0 spiro atoms. The smallest absolute Gasteiger partial charge is 0.328 e. The van der Waals surface area contributed by atoms with Gasteiger partial charge in [-0.2, -0.15) is 0 Å². The Bertz CT molecular complexity index is 588. The number of hydrogen-bond donors (Lipinski definition) is 3. The van der Waals surface area contributed by atoms with Crippen LogP contribution in [0.5, 0.6) is 5.75 Å². The van der Waals surface area contributed by atoms with Gasteiger partial charge in [0.2, 0.25) is 0 Å². The van der Waals surface area contributed by atoms with E-state index in [1.54, 1.807) is 12.1 Å². The van der Waals surface area contributed by atoms with Crippen LogP contribution in [-0.2, 0) is 4.79 Å². The number of aromatic hydroxyl groups is 1. The molecule has 3 rings (SSSR count). The van der Waals surface area contributed by atoms with Gasteiger partial charge in [-0.05, 0) is 59.8 Å². The Morgan fingerprint density at radius 3 is 2.17 bits per heavy atom. The van der Waals surface area contributed by atoms with E-state index in [9.17, 15) is 9.90 Å². The number of aliphatic hydroxyl groups is 1. The number of aliphatic carboxylic acids is 1. The van der Waals surface area contributed by atoms with Crippen molar-refractivity contribution in [1.29, 1.82) is 0 Å². The first kappa shape index (κ1) is 17.5. The average molecular weight is 318 g/mol. The van der Waals surface area contributed by atoms with Gasteiger partial charge >= 0.3 is 5.97 Å². The highest BCUT2D eigenvalue weighted by Crippen LogP contribution is 2.65. The van der Waals surface area contributed by atoms with Crippen molar-refractivity contribution in [1.82, 2.24) is 0 Å². The molecule has 126 valence electrons. The zero-order valence-electron chi connectivity index (χ0n) is 14.0. The molecule has 0 saturated heterocycles. The molecule has 2 fully saturated rings. The SMILES string of the molecule is CC1(C)C2CCC1(C)C(O)C2.O=C(O)C=Cc1ccc(O)cc1. The van der Waals surface area contributed by atoms with E-state index < -0.39 is 5.97 Å². The Morgan fingerprint density at radius 1 is 1.22 bits per heavy atom. The second kappa shape index (κ2) is 6.36. The normalized spacial score (nSPS) is 31.0. The summed E-state index contributed by atoms with van der Waals surface area (Å²) in [4.78, 5) is 10.1. The minimum Gasteiger partial charge on any atom is -0.508 e. The molecule has 2 aliphatic carbocycles. The van der Waals surface area contributed by atoms with Crippen LogP contribution in [0.2, 0.25) is 0 Å². The number of phenols is 1. The van der Waals surface area contributed by atoms with Crippen molar-refractivity contribution >= 4 is 12.0 Å². The van der Waals surface area contributed by atoms with Crippen LogP contribution in [0.15, 0.2) is 30.3 Å². The highest BCUT2D eigenvalue weighted by Gasteiger charge is 2.60. The first-order valence-electron chi connectivity index (χ1n) is 8.05. The van der Waals surface area contributed by atoms with Gasteiger partial charge in [-0.15, -0.1) is 0 Å². The highest BCUT2D eigenvalue weighted by atomic mass is 16.4. The van der Waals surface area contributed by atoms with Crippen LogP contribution in [0.25, 0.3) is 6.08 Å². The predicted molar refractivity (Wildman–Crippen MR) is 90.0 cm³/mol. The van der Waals surface area contributed by atoms with Gasteiger partial charge in [0.1, 0.15) is 5.75 Å². The monoisotopic (exact) mass is 318 g/mol. The standard InChI is InChI=1S/C10H18O.C9H8O3/c1-9(2)7-4-5-10(9,3)8(11)6-7;10-8-4-1-7(2-5-8)3-6-9(11)12/h7-8,11H,4-6H2,1-3H3;1-6,10H,(H,11,12). The quantitative estimate of drug-likeness (QED) is 0.727. The number of hydrogen-bond acceptors (Lipinski definition) is 3.